The van der Waals surface area contributed by atoms with Crippen LogP contribution in [0.5, 0.6) is 0 Å². The summed E-state index contributed by atoms with van der Waals surface area (Å²) in [6, 6.07) is 7.29. The van der Waals surface area contributed by atoms with Crippen molar-refractivity contribution >= 4 is 17.7 Å². The quantitative estimate of drug-likeness (QED) is 0.771. The second-order valence-electron chi connectivity index (χ2n) is 5.37. The maximum atomic E-state index is 12.5. The Kier molecular flexibility index (Phi) is 5.51. The van der Waals surface area contributed by atoms with E-state index in [2.05, 4.69) is 17.2 Å². The Labute approximate surface area is 135 Å². The maximum absolute atomic E-state index is 12.5. The molecule has 1 heterocycles. The Morgan fingerprint density at radius 1 is 1.30 bits per heavy atom. The summed E-state index contributed by atoms with van der Waals surface area (Å²) in [7, 11) is 1.57. The maximum Gasteiger partial charge on any atom is 0.243 e. The normalized spacial score (nSPS) is 16.2. The average molecular weight is 315 g/mol. The lowest BCUT2D eigenvalue weighted by atomic mass is 9.93. The number of nitrogens with zero attached hydrogens (tertiary/aromatic N) is 1. The summed E-state index contributed by atoms with van der Waals surface area (Å²) < 4.78 is 0. The number of hydrogen-bond donors (Lipinski definition) is 2. The van der Waals surface area contributed by atoms with Crippen LogP contribution in [0.4, 0.5) is 0 Å². The first-order chi connectivity index (χ1) is 11.1. The van der Waals surface area contributed by atoms with Gasteiger partial charge in [0.05, 0.1) is 0 Å². The zero-order chi connectivity index (χ0) is 16.8. The lowest BCUT2D eigenvalue weighted by Crippen LogP contribution is -2.52. The summed E-state index contributed by atoms with van der Waals surface area (Å²) in [5, 5.41) is 5.19. The van der Waals surface area contributed by atoms with E-state index in [1.165, 1.54) is 0 Å². The highest BCUT2D eigenvalue weighted by Crippen LogP contribution is 2.24. The molecular formula is C17H21N3O3. The predicted octanol–water partition coefficient (Wildman–Crippen LogP) is 0.378. The third-order valence-electron chi connectivity index (χ3n) is 3.94. The van der Waals surface area contributed by atoms with Crippen LogP contribution in [0.25, 0.3) is 0 Å². The number of carbonyl (C=O) groups is 3. The van der Waals surface area contributed by atoms with Crippen molar-refractivity contribution in [3.63, 3.8) is 0 Å². The van der Waals surface area contributed by atoms with Gasteiger partial charge >= 0.3 is 0 Å². The third kappa shape index (κ3) is 3.97. The van der Waals surface area contributed by atoms with Crippen LogP contribution in [0.3, 0.4) is 0 Å². The average Bonchev–Trinajstić information content (AvgIpc) is 2.59. The fourth-order valence-electron chi connectivity index (χ4n) is 2.69. The summed E-state index contributed by atoms with van der Waals surface area (Å²) in [5.41, 5.74) is 2.14. The molecule has 23 heavy (non-hydrogen) atoms. The van der Waals surface area contributed by atoms with Gasteiger partial charge in [0, 0.05) is 33.0 Å². The Hall–Kier alpha value is -2.63. The Bertz CT molecular complexity index is 627. The fraction of sp³-hybridized carbons (Fsp3) is 0.353. The highest BCUT2D eigenvalue weighted by atomic mass is 16.2. The molecule has 0 saturated heterocycles. The molecule has 0 spiro atoms. The van der Waals surface area contributed by atoms with Crippen LogP contribution in [-0.2, 0) is 27.3 Å². The van der Waals surface area contributed by atoms with E-state index in [9.17, 15) is 14.4 Å². The number of carbonyl (C=O) groups excluding carboxylic acids is 3. The van der Waals surface area contributed by atoms with Crippen LogP contribution in [0, 0.1) is 0 Å². The highest BCUT2D eigenvalue weighted by molar-refractivity contribution is 5.89. The predicted molar refractivity (Wildman–Crippen MR) is 86.4 cm³/mol. The van der Waals surface area contributed by atoms with E-state index in [1.807, 2.05) is 24.3 Å². The van der Waals surface area contributed by atoms with Crippen LogP contribution in [0.15, 0.2) is 36.9 Å². The first-order valence-electron chi connectivity index (χ1n) is 7.55. The van der Waals surface area contributed by atoms with Crippen molar-refractivity contribution in [2.45, 2.75) is 25.4 Å². The van der Waals surface area contributed by atoms with Gasteiger partial charge in [-0.25, -0.2) is 0 Å². The second kappa shape index (κ2) is 7.58. The molecule has 6 heteroatoms. The molecule has 0 aromatic heterocycles. The molecule has 0 aliphatic carbocycles. The minimum atomic E-state index is -0.516. The molecule has 2 N–H and O–H groups in total. The lowest BCUT2D eigenvalue weighted by Gasteiger charge is -2.36. The zero-order valence-corrected chi connectivity index (χ0v) is 13.2. The van der Waals surface area contributed by atoms with E-state index in [0.717, 1.165) is 17.2 Å². The van der Waals surface area contributed by atoms with E-state index in [4.69, 9.17) is 0 Å². The number of rotatable bonds is 5. The van der Waals surface area contributed by atoms with Crippen molar-refractivity contribution < 1.29 is 14.4 Å². The minimum Gasteiger partial charge on any atom is -0.357 e. The monoisotopic (exact) mass is 315 g/mol. The molecule has 0 radical (unpaired) electrons. The van der Waals surface area contributed by atoms with Crippen LogP contribution < -0.4 is 10.6 Å². The number of amides is 3. The fourth-order valence-corrected chi connectivity index (χ4v) is 2.69. The molecule has 2 rings (SSSR count). The van der Waals surface area contributed by atoms with Crippen molar-refractivity contribution in [3.8, 4) is 0 Å². The van der Waals surface area contributed by atoms with Gasteiger partial charge in [0.25, 0.3) is 0 Å². The van der Waals surface area contributed by atoms with Gasteiger partial charge in [-0.1, -0.05) is 30.8 Å². The molecule has 0 fully saturated rings. The van der Waals surface area contributed by atoms with Crippen molar-refractivity contribution in [1.82, 2.24) is 15.5 Å². The van der Waals surface area contributed by atoms with Gasteiger partial charge in [0.15, 0.2) is 0 Å². The molecular weight excluding hydrogens is 294 g/mol. The standard InChI is InChI=1S/C17H21N3O3/c1-3-15(21)19-9-8-16(22)20-11-13-7-5-4-6-12(13)10-14(20)17(23)18-2/h3-7,14H,1,8-11H2,2H3,(H,18,23)(H,19,21)/t14-/m0/s1. The summed E-state index contributed by atoms with van der Waals surface area (Å²) >= 11 is 0. The molecule has 122 valence electrons. The summed E-state index contributed by atoms with van der Waals surface area (Å²) in [6.45, 7) is 3.99. The van der Waals surface area contributed by atoms with Crippen molar-refractivity contribution in [1.29, 1.82) is 0 Å². The van der Waals surface area contributed by atoms with E-state index < -0.39 is 6.04 Å². The van der Waals surface area contributed by atoms with Crippen molar-refractivity contribution in [2.24, 2.45) is 0 Å². The molecule has 0 bridgehead atoms. The van der Waals surface area contributed by atoms with Crippen molar-refractivity contribution in [2.75, 3.05) is 13.6 Å². The number of fused-ring (bicyclic) bond motifs is 1. The molecule has 3 amide bonds. The Balaban J connectivity index is 2.10. The molecule has 1 aliphatic heterocycles. The van der Waals surface area contributed by atoms with E-state index in [-0.39, 0.29) is 30.7 Å². The lowest BCUT2D eigenvalue weighted by molar-refractivity contribution is -0.141. The summed E-state index contributed by atoms with van der Waals surface area (Å²) in [5.74, 6) is -0.648. The van der Waals surface area contributed by atoms with E-state index >= 15 is 0 Å². The third-order valence-corrected chi connectivity index (χ3v) is 3.94. The minimum absolute atomic E-state index is 0.148. The van der Waals surface area contributed by atoms with Gasteiger partial charge < -0.3 is 15.5 Å². The summed E-state index contributed by atoms with van der Waals surface area (Å²) in [6.07, 6.45) is 1.81. The Morgan fingerprint density at radius 3 is 2.65 bits per heavy atom. The number of nitrogens with one attached hydrogen (secondary N) is 2. The van der Waals surface area contributed by atoms with E-state index in [1.54, 1.807) is 11.9 Å². The molecule has 1 aromatic rings. The second-order valence-corrected chi connectivity index (χ2v) is 5.37. The van der Waals surface area contributed by atoms with Gasteiger partial charge in [-0.05, 0) is 17.2 Å². The smallest absolute Gasteiger partial charge is 0.243 e. The first-order valence-corrected chi connectivity index (χ1v) is 7.55. The molecule has 1 atom stereocenters. The van der Waals surface area contributed by atoms with Gasteiger partial charge in [-0.2, -0.15) is 0 Å². The van der Waals surface area contributed by atoms with Gasteiger partial charge in [0.2, 0.25) is 17.7 Å². The highest BCUT2D eigenvalue weighted by Gasteiger charge is 2.33. The topological polar surface area (TPSA) is 78.5 Å². The van der Waals surface area contributed by atoms with Gasteiger partial charge in [-0.15, -0.1) is 0 Å². The van der Waals surface area contributed by atoms with Crippen LogP contribution in [-0.4, -0.2) is 42.3 Å². The SMILES string of the molecule is C=CC(=O)NCCC(=O)N1Cc2ccccc2C[C@H]1C(=O)NC. The molecule has 0 unspecified atom stereocenters. The first kappa shape index (κ1) is 16.7. The Morgan fingerprint density at radius 2 is 2.00 bits per heavy atom. The largest absolute Gasteiger partial charge is 0.357 e. The number of hydrogen-bond acceptors (Lipinski definition) is 3. The van der Waals surface area contributed by atoms with Crippen molar-refractivity contribution in [3.05, 3.63) is 48.0 Å². The zero-order valence-electron chi connectivity index (χ0n) is 13.2. The molecule has 0 saturated carbocycles. The molecule has 6 nitrogen and oxygen atoms in total. The van der Waals surface area contributed by atoms with Gasteiger partial charge in [-0.3, -0.25) is 14.4 Å². The van der Waals surface area contributed by atoms with E-state index in [0.29, 0.717) is 13.0 Å². The molecule has 1 aliphatic rings. The number of benzene rings is 1. The van der Waals surface area contributed by atoms with Gasteiger partial charge in [0.1, 0.15) is 6.04 Å². The summed E-state index contributed by atoms with van der Waals surface area (Å²) in [4.78, 5) is 37.3. The molecule has 1 aromatic carbocycles. The van der Waals surface area contributed by atoms with Crippen LogP contribution in [0.2, 0.25) is 0 Å². The number of likely N-dealkylation sites (N-methyl/N-ethyl adjacent to an activating group) is 1. The van der Waals surface area contributed by atoms with Crippen LogP contribution in [0.1, 0.15) is 17.5 Å². The van der Waals surface area contributed by atoms with Crippen LogP contribution >= 0.6 is 0 Å².